The van der Waals surface area contributed by atoms with Crippen LogP contribution in [0.15, 0.2) is 40.9 Å². The standard InChI is InChI=1S/C14H16N2O3/c1-9(11-5-3-4-8-15-11)16-10(2)12-6-7-13(19-12)14(17)18/h3-10,16H,1-2H3,(H,17,18)/t9-,10?/m0/s1. The lowest BCUT2D eigenvalue weighted by Gasteiger charge is -2.17. The molecule has 2 N–H and O–H groups in total. The third-order valence-electron chi connectivity index (χ3n) is 2.90. The van der Waals surface area contributed by atoms with Crippen molar-refractivity contribution in [2.24, 2.45) is 0 Å². The second-order valence-corrected chi connectivity index (χ2v) is 4.37. The van der Waals surface area contributed by atoms with E-state index in [0.717, 1.165) is 5.69 Å². The molecule has 19 heavy (non-hydrogen) atoms. The fourth-order valence-corrected chi connectivity index (χ4v) is 1.88. The van der Waals surface area contributed by atoms with Crippen molar-refractivity contribution in [3.63, 3.8) is 0 Å². The predicted octanol–water partition coefficient (Wildman–Crippen LogP) is 2.78. The average Bonchev–Trinajstić information content (AvgIpc) is 2.89. The van der Waals surface area contributed by atoms with Crippen molar-refractivity contribution in [1.29, 1.82) is 0 Å². The third-order valence-corrected chi connectivity index (χ3v) is 2.90. The zero-order chi connectivity index (χ0) is 13.8. The van der Waals surface area contributed by atoms with Gasteiger partial charge in [0, 0.05) is 12.2 Å². The van der Waals surface area contributed by atoms with Crippen molar-refractivity contribution < 1.29 is 14.3 Å². The van der Waals surface area contributed by atoms with Crippen LogP contribution in [0.1, 0.15) is 47.9 Å². The topological polar surface area (TPSA) is 75.4 Å². The van der Waals surface area contributed by atoms with Crippen LogP contribution in [-0.4, -0.2) is 16.1 Å². The lowest BCUT2D eigenvalue weighted by Crippen LogP contribution is -2.22. The number of furan rings is 1. The van der Waals surface area contributed by atoms with Gasteiger partial charge in [-0.15, -0.1) is 0 Å². The molecule has 0 amide bonds. The van der Waals surface area contributed by atoms with E-state index in [1.54, 1.807) is 12.3 Å². The van der Waals surface area contributed by atoms with E-state index >= 15 is 0 Å². The molecule has 0 spiro atoms. The normalized spacial score (nSPS) is 14.0. The molecule has 0 aliphatic carbocycles. The lowest BCUT2D eigenvalue weighted by atomic mass is 10.1. The highest BCUT2D eigenvalue weighted by Gasteiger charge is 2.16. The summed E-state index contributed by atoms with van der Waals surface area (Å²) in [6.45, 7) is 3.92. The number of rotatable bonds is 5. The van der Waals surface area contributed by atoms with E-state index in [-0.39, 0.29) is 17.8 Å². The Kier molecular flexibility index (Phi) is 3.97. The second-order valence-electron chi connectivity index (χ2n) is 4.37. The number of hydrogen-bond acceptors (Lipinski definition) is 4. The van der Waals surface area contributed by atoms with Gasteiger partial charge in [0.05, 0.1) is 11.7 Å². The van der Waals surface area contributed by atoms with E-state index in [2.05, 4.69) is 10.3 Å². The third kappa shape index (κ3) is 3.20. The van der Waals surface area contributed by atoms with E-state index in [1.807, 2.05) is 32.0 Å². The molecule has 5 nitrogen and oxygen atoms in total. The van der Waals surface area contributed by atoms with E-state index in [1.165, 1.54) is 6.07 Å². The molecule has 1 unspecified atom stereocenters. The van der Waals surface area contributed by atoms with Gasteiger partial charge in [-0.2, -0.15) is 0 Å². The molecule has 0 saturated carbocycles. The number of carboxylic acids is 1. The summed E-state index contributed by atoms with van der Waals surface area (Å²) < 4.78 is 5.26. The van der Waals surface area contributed by atoms with Crippen molar-refractivity contribution in [3.05, 3.63) is 53.7 Å². The highest BCUT2D eigenvalue weighted by molar-refractivity contribution is 5.84. The first-order chi connectivity index (χ1) is 9.08. The molecule has 0 fully saturated rings. The molecule has 2 aromatic rings. The Morgan fingerprint density at radius 3 is 2.63 bits per heavy atom. The maximum Gasteiger partial charge on any atom is 0.371 e. The molecule has 0 bridgehead atoms. The fourth-order valence-electron chi connectivity index (χ4n) is 1.88. The van der Waals surface area contributed by atoms with Gasteiger partial charge in [-0.1, -0.05) is 6.07 Å². The van der Waals surface area contributed by atoms with Gasteiger partial charge in [0.15, 0.2) is 0 Å². The monoisotopic (exact) mass is 260 g/mol. The molecule has 2 heterocycles. The van der Waals surface area contributed by atoms with Gasteiger partial charge in [-0.3, -0.25) is 10.3 Å². The number of aromatic nitrogens is 1. The van der Waals surface area contributed by atoms with Crippen LogP contribution in [0.2, 0.25) is 0 Å². The van der Waals surface area contributed by atoms with Gasteiger partial charge >= 0.3 is 5.97 Å². The molecule has 0 aliphatic heterocycles. The number of hydrogen-bond donors (Lipinski definition) is 2. The van der Waals surface area contributed by atoms with Crippen LogP contribution in [0, 0.1) is 0 Å². The Morgan fingerprint density at radius 1 is 1.26 bits per heavy atom. The van der Waals surface area contributed by atoms with Gasteiger partial charge in [0.25, 0.3) is 0 Å². The minimum Gasteiger partial charge on any atom is -0.475 e. The summed E-state index contributed by atoms with van der Waals surface area (Å²) in [5.41, 5.74) is 0.930. The minimum atomic E-state index is -1.06. The summed E-state index contributed by atoms with van der Waals surface area (Å²) in [7, 11) is 0. The summed E-state index contributed by atoms with van der Waals surface area (Å²) in [6.07, 6.45) is 1.74. The zero-order valence-electron chi connectivity index (χ0n) is 10.8. The molecular formula is C14H16N2O3. The molecule has 2 aromatic heterocycles. The molecular weight excluding hydrogens is 244 g/mol. The lowest BCUT2D eigenvalue weighted by molar-refractivity contribution is 0.0659. The van der Waals surface area contributed by atoms with Crippen molar-refractivity contribution in [1.82, 2.24) is 10.3 Å². The summed E-state index contributed by atoms with van der Waals surface area (Å²) in [4.78, 5) is 15.0. The van der Waals surface area contributed by atoms with Crippen molar-refractivity contribution in [2.75, 3.05) is 0 Å². The Hall–Kier alpha value is -2.14. The Bertz CT molecular complexity index is 551. The van der Waals surface area contributed by atoms with Gasteiger partial charge < -0.3 is 9.52 Å². The molecule has 0 aliphatic rings. The SMILES string of the molecule is CC(N[C@@H](C)c1ccccn1)c1ccc(C(=O)O)o1. The Morgan fingerprint density at radius 2 is 2.05 bits per heavy atom. The summed E-state index contributed by atoms with van der Waals surface area (Å²) in [5, 5.41) is 12.1. The molecule has 2 rings (SSSR count). The molecule has 0 saturated heterocycles. The van der Waals surface area contributed by atoms with E-state index < -0.39 is 5.97 Å². The van der Waals surface area contributed by atoms with E-state index in [0.29, 0.717) is 5.76 Å². The molecule has 100 valence electrons. The highest BCUT2D eigenvalue weighted by Crippen LogP contribution is 2.20. The first-order valence-electron chi connectivity index (χ1n) is 6.08. The van der Waals surface area contributed by atoms with Crippen molar-refractivity contribution in [3.8, 4) is 0 Å². The summed E-state index contributed by atoms with van der Waals surface area (Å²) in [5.74, 6) is -0.509. The minimum absolute atomic E-state index is 0.0471. The summed E-state index contributed by atoms with van der Waals surface area (Å²) in [6, 6.07) is 8.83. The van der Waals surface area contributed by atoms with Crippen molar-refractivity contribution >= 4 is 5.97 Å². The van der Waals surface area contributed by atoms with E-state index in [9.17, 15) is 4.79 Å². The number of aromatic carboxylic acids is 1. The Balaban J connectivity index is 2.04. The van der Waals surface area contributed by atoms with Crippen LogP contribution in [0.4, 0.5) is 0 Å². The average molecular weight is 260 g/mol. The largest absolute Gasteiger partial charge is 0.475 e. The Labute approximate surface area is 111 Å². The van der Waals surface area contributed by atoms with Crippen LogP contribution < -0.4 is 5.32 Å². The molecule has 0 radical (unpaired) electrons. The molecule has 2 atom stereocenters. The highest BCUT2D eigenvalue weighted by atomic mass is 16.4. The van der Waals surface area contributed by atoms with Crippen molar-refractivity contribution in [2.45, 2.75) is 25.9 Å². The fraction of sp³-hybridized carbons (Fsp3) is 0.286. The number of carboxylic acid groups (broad SMARTS) is 1. The van der Waals surface area contributed by atoms with Crippen LogP contribution >= 0.6 is 0 Å². The predicted molar refractivity (Wildman–Crippen MR) is 69.9 cm³/mol. The van der Waals surface area contributed by atoms with Crippen LogP contribution in [-0.2, 0) is 0 Å². The molecule has 5 heteroatoms. The quantitative estimate of drug-likeness (QED) is 0.864. The van der Waals surface area contributed by atoms with Gasteiger partial charge in [-0.05, 0) is 38.1 Å². The summed E-state index contributed by atoms with van der Waals surface area (Å²) >= 11 is 0. The number of pyridine rings is 1. The number of nitrogens with one attached hydrogen (secondary N) is 1. The van der Waals surface area contributed by atoms with Crippen LogP contribution in [0.3, 0.4) is 0 Å². The molecule has 0 aromatic carbocycles. The number of carbonyl (C=O) groups is 1. The van der Waals surface area contributed by atoms with Gasteiger partial charge in [-0.25, -0.2) is 4.79 Å². The first kappa shape index (κ1) is 13.3. The van der Waals surface area contributed by atoms with Gasteiger partial charge in [0.2, 0.25) is 5.76 Å². The zero-order valence-corrected chi connectivity index (χ0v) is 10.8. The van der Waals surface area contributed by atoms with Gasteiger partial charge in [0.1, 0.15) is 5.76 Å². The van der Waals surface area contributed by atoms with E-state index in [4.69, 9.17) is 9.52 Å². The second kappa shape index (κ2) is 5.67. The maximum absolute atomic E-state index is 10.8. The van der Waals surface area contributed by atoms with Crippen LogP contribution in [0.5, 0.6) is 0 Å². The maximum atomic E-state index is 10.8. The first-order valence-corrected chi connectivity index (χ1v) is 6.08. The number of nitrogens with zero attached hydrogens (tertiary/aromatic N) is 1. The smallest absolute Gasteiger partial charge is 0.371 e. The van der Waals surface area contributed by atoms with Crippen LogP contribution in [0.25, 0.3) is 0 Å².